The van der Waals surface area contributed by atoms with Gasteiger partial charge in [0.1, 0.15) is 6.10 Å². The third-order valence-corrected chi connectivity index (χ3v) is 4.65. The molecule has 2 fully saturated rings. The highest BCUT2D eigenvalue weighted by molar-refractivity contribution is 14.0. The van der Waals surface area contributed by atoms with Crippen LogP contribution < -0.4 is 10.1 Å². The molecule has 0 saturated carbocycles. The number of methoxy groups -OCH3 is 1. The highest BCUT2D eigenvalue weighted by Crippen LogP contribution is 2.21. The lowest BCUT2D eigenvalue weighted by atomic mass is 10.1. The van der Waals surface area contributed by atoms with Gasteiger partial charge in [-0.2, -0.15) is 0 Å². The van der Waals surface area contributed by atoms with Gasteiger partial charge >= 0.3 is 0 Å². The van der Waals surface area contributed by atoms with E-state index in [0.29, 0.717) is 13.2 Å². The van der Waals surface area contributed by atoms with Crippen molar-refractivity contribution in [3.63, 3.8) is 0 Å². The third kappa shape index (κ3) is 5.20. The summed E-state index contributed by atoms with van der Waals surface area (Å²) in [5, 5.41) is 3.30. The van der Waals surface area contributed by atoms with E-state index >= 15 is 0 Å². The number of rotatable bonds is 4. The van der Waals surface area contributed by atoms with E-state index in [4.69, 9.17) is 14.2 Å². The second-order valence-electron chi connectivity index (χ2n) is 6.28. The van der Waals surface area contributed by atoms with Gasteiger partial charge in [0, 0.05) is 33.3 Å². The first-order chi connectivity index (χ1) is 12.2. The quantitative estimate of drug-likeness (QED) is 0.409. The van der Waals surface area contributed by atoms with E-state index in [1.165, 1.54) is 13.2 Å². The summed E-state index contributed by atoms with van der Waals surface area (Å²) in [6.45, 7) is 3.50. The fourth-order valence-electron chi connectivity index (χ4n) is 3.32. The Labute approximate surface area is 171 Å². The van der Waals surface area contributed by atoms with Gasteiger partial charge in [0.25, 0.3) is 0 Å². The van der Waals surface area contributed by atoms with Crippen LogP contribution in [0.3, 0.4) is 0 Å². The first kappa shape index (κ1) is 21.2. The number of ether oxygens (including phenoxy) is 3. The Balaban J connectivity index is 0.00000243. The lowest BCUT2D eigenvalue weighted by Crippen LogP contribution is -2.53. The lowest BCUT2D eigenvalue weighted by molar-refractivity contribution is -0.0817. The average Bonchev–Trinajstić information content (AvgIpc) is 3.17. The molecule has 2 atom stereocenters. The second-order valence-corrected chi connectivity index (χ2v) is 6.28. The Morgan fingerprint density at radius 2 is 2.15 bits per heavy atom. The summed E-state index contributed by atoms with van der Waals surface area (Å²) in [5.41, 5.74) is 0.836. The minimum Gasteiger partial charge on any atom is -0.494 e. The molecule has 3 rings (SSSR count). The van der Waals surface area contributed by atoms with Gasteiger partial charge < -0.3 is 24.4 Å². The molecule has 2 aliphatic rings. The van der Waals surface area contributed by atoms with Crippen molar-refractivity contribution < 1.29 is 18.6 Å². The van der Waals surface area contributed by atoms with Crippen LogP contribution in [0.15, 0.2) is 23.2 Å². The Morgan fingerprint density at radius 1 is 1.35 bits per heavy atom. The molecular formula is C18H27FIN3O3. The third-order valence-electron chi connectivity index (χ3n) is 4.65. The van der Waals surface area contributed by atoms with Crippen molar-refractivity contribution in [2.75, 3.05) is 40.5 Å². The predicted octanol–water partition coefficient (Wildman–Crippen LogP) is 2.41. The van der Waals surface area contributed by atoms with Crippen molar-refractivity contribution >= 4 is 29.9 Å². The number of halogens is 2. The van der Waals surface area contributed by atoms with Gasteiger partial charge in [0.15, 0.2) is 17.5 Å². The summed E-state index contributed by atoms with van der Waals surface area (Å²) < 4.78 is 30.4. The molecule has 1 N–H and O–H groups in total. The van der Waals surface area contributed by atoms with Crippen LogP contribution in [0, 0.1) is 5.82 Å². The predicted molar refractivity (Wildman–Crippen MR) is 109 cm³/mol. The van der Waals surface area contributed by atoms with Crippen LogP contribution in [-0.4, -0.2) is 63.5 Å². The Morgan fingerprint density at radius 3 is 2.81 bits per heavy atom. The standard InChI is InChI=1S/C18H26FN3O3.HI/c1-20-18(21-11-13-5-6-15(23-2)14(19)10-13)22-7-9-25-17(12-22)16-4-3-8-24-16;/h5-6,10,16-17H,3-4,7-9,11-12H2,1-2H3,(H,20,21);1H. The Kier molecular flexibility index (Phi) is 8.36. The SMILES string of the molecule is CN=C(NCc1ccc(OC)c(F)c1)N1CCOC(C2CCCO2)C1.I. The van der Waals surface area contributed by atoms with E-state index in [1.54, 1.807) is 13.1 Å². The molecule has 146 valence electrons. The molecule has 2 aliphatic heterocycles. The Bertz CT molecular complexity index is 611. The normalized spacial score (nSPS) is 23.5. The zero-order chi connectivity index (χ0) is 17.6. The number of morpholine rings is 1. The van der Waals surface area contributed by atoms with Crippen LogP contribution in [-0.2, 0) is 16.0 Å². The molecule has 2 saturated heterocycles. The molecule has 6 nitrogen and oxygen atoms in total. The fraction of sp³-hybridized carbons (Fsp3) is 0.611. The van der Waals surface area contributed by atoms with Gasteiger partial charge in [-0.05, 0) is 30.5 Å². The smallest absolute Gasteiger partial charge is 0.194 e. The average molecular weight is 479 g/mol. The zero-order valence-corrected chi connectivity index (χ0v) is 17.6. The van der Waals surface area contributed by atoms with Gasteiger partial charge in [0.05, 0.1) is 19.8 Å². The number of hydrogen-bond donors (Lipinski definition) is 1. The molecule has 26 heavy (non-hydrogen) atoms. The summed E-state index contributed by atoms with van der Waals surface area (Å²) >= 11 is 0. The van der Waals surface area contributed by atoms with Crippen molar-refractivity contribution in [3.05, 3.63) is 29.6 Å². The number of hydrogen-bond acceptors (Lipinski definition) is 4. The zero-order valence-electron chi connectivity index (χ0n) is 15.2. The highest BCUT2D eigenvalue weighted by Gasteiger charge is 2.32. The van der Waals surface area contributed by atoms with Crippen molar-refractivity contribution in [3.8, 4) is 5.75 Å². The van der Waals surface area contributed by atoms with E-state index in [9.17, 15) is 4.39 Å². The largest absolute Gasteiger partial charge is 0.494 e. The first-order valence-corrected chi connectivity index (χ1v) is 8.72. The monoisotopic (exact) mass is 479 g/mol. The molecule has 2 unspecified atom stereocenters. The second kappa shape index (κ2) is 10.3. The number of benzene rings is 1. The molecule has 0 spiro atoms. The maximum absolute atomic E-state index is 13.8. The van der Waals surface area contributed by atoms with Crippen molar-refractivity contribution in [2.45, 2.75) is 31.6 Å². The van der Waals surface area contributed by atoms with Gasteiger partial charge in [0.2, 0.25) is 0 Å². The summed E-state index contributed by atoms with van der Waals surface area (Å²) in [6, 6.07) is 4.96. The fourth-order valence-corrected chi connectivity index (χ4v) is 3.32. The maximum atomic E-state index is 13.8. The van der Waals surface area contributed by atoms with Crippen LogP contribution in [0.4, 0.5) is 4.39 Å². The number of nitrogens with one attached hydrogen (secondary N) is 1. The van der Waals surface area contributed by atoms with Crippen molar-refractivity contribution in [2.24, 2.45) is 4.99 Å². The molecular weight excluding hydrogens is 452 g/mol. The first-order valence-electron chi connectivity index (χ1n) is 8.72. The van der Waals surface area contributed by atoms with E-state index in [1.807, 2.05) is 6.07 Å². The highest BCUT2D eigenvalue weighted by atomic mass is 127. The van der Waals surface area contributed by atoms with Crippen LogP contribution >= 0.6 is 24.0 Å². The van der Waals surface area contributed by atoms with Crippen LogP contribution in [0.1, 0.15) is 18.4 Å². The summed E-state index contributed by atoms with van der Waals surface area (Å²) in [6.07, 6.45) is 2.40. The van der Waals surface area contributed by atoms with Crippen molar-refractivity contribution in [1.29, 1.82) is 0 Å². The van der Waals surface area contributed by atoms with Crippen LogP contribution in [0.5, 0.6) is 5.75 Å². The van der Waals surface area contributed by atoms with Gasteiger partial charge in [-0.1, -0.05) is 6.07 Å². The molecule has 1 aromatic carbocycles. The topological polar surface area (TPSA) is 55.3 Å². The maximum Gasteiger partial charge on any atom is 0.194 e. The van der Waals surface area contributed by atoms with Gasteiger partial charge in [-0.3, -0.25) is 4.99 Å². The van der Waals surface area contributed by atoms with Gasteiger partial charge in [-0.25, -0.2) is 4.39 Å². The molecule has 0 aliphatic carbocycles. The molecule has 0 radical (unpaired) electrons. The van der Waals surface area contributed by atoms with Crippen molar-refractivity contribution in [1.82, 2.24) is 10.2 Å². The lowest BCUT2D eigenvalue weighted by Gasteiger charge is -2.37. The Hall–Kier alpha value is -1.13. The van der Waals surface area contributed by atoms with Crippen LogP contribution in [0.25, 0.3) is 0 Å². The van der Waals surface area contributed by atoms with E-state index in [-0.39, 0.29) is 47.8 Å². The summed E-state index contributed by atoms with van der Waals surface area (Å²) in [4.78, 5) is 6.54. The number of guanidine groups is 1. The number of nitrogens with zero attached hydrogens (tertiary/aromatic N) is 2. The number of aliphatic imine (C=N–C) groups is 1. The molecule has 0 aromatic heterocycles. The van der Waals surface area contributed by atoms with E-state index in [0.717, 1.165) is 44.1 Å². The molecule has 2 heterocycles. The molecule has 0 amide bonds. The van der Waals surface area contributed by atoms with E-state index < -0.39 is 0 Å². The molecule has 0 bridgehead atoms. The van der Waals surface area contributed by atoms with Gasteiger partial charge in [-0.15, -0.1) is 24.0 Å². The molecule has 8 heteroatoms. The summed E-state index contributed by atoms with van der Waals surface area (Å²) in [7, 11) is 3.22. The molecule has 1 aromatic rings. The van der Waals surface area contributed by atoms with E-state index in [2.05, 4.69) is 15.2 Å². The minimum atomic E-state index is -0.360. The van der Waals surface area contributed by atoms with Crippen LogP contribution in [0.2, 0.25) is 0 Å². The minimum absolute atomic E-state index is 0. The summed E-state index contributed by atoms with van der Waals surface area (Å²) in [5.74, 6) is 0.685.